The summed E-state index contributed by atoms with van der Waals surface area (Å²) in [6, 6.07) is 7.11. The largest absolute Gasteiger partial charge is 0.508 e. The van der Waals surface area contributed by atoms with Crippen LogP contribution in [0.3, 0.4) is 0 Å². The fourth-order valence-corrected chi connectivity index (χ4v) is 16.0. The third kappa shape index (κ3) is 9.94. The molecule has 0 aromatic heterocycles. The molecule has 0 radical (unpaired) electrons. The number of ether oxygens (including phenoxy) is 2. The van der Waals surface area contributed by atoms with Gasteiger partial charge in [-0.05, 0) is 63.6 Å². The van der Waals surface area contributed by atoms with Crippen LogP contribution in [-0.2, 0) is 19.1 Å². The molecule has 7 heteroatoms. The molecule has 0 heterocycles. The van der Waals surface area contributed by atoms with Crippen molar-refractivity contribution in [1.29, 1.82) is 0 Å². The first-order valence-electron chi connectivity index (χ1n) is 12.6. The minimum atomic E-state index is -1.74. The maximum absolute atomic E-state index is 13.7. The number of carbonyl (C=O) groups is 2. The smallest absolute Gasteiger partial charge is 0.309 e. The molecule has 3 unspecified atom stereocenters. The van der Waals surface area contributed by atoms with Gasteiger partial charge in [-0.25, -0.2) is 0 Å². The molecule has 0 aliphatic rings. The van der Waals surface area contributed by atoms with E-state index < -0.39 is 27.7 Å². The first-order chi connectivity index (χ1) is 15.3. The molecule has 5 nitrogen and oxygen atoms in total. The summed E-state index contributed by atoms with van der Waals surface area (Å²) in [5.74, 6) is -0.917. The number of hydrogen-bond donors (Lipinski definition) is 1. The minimum absolute atomic E-state index is 0.000539. The fraction of sp³-hybridized carbons (Fsp3) is 0.704. The number of phenols is 1. The quantitative estimate of drug-likeness (QED) is 0.259. The molecule has 0 aliphatic heterocycles. The van der Waals surface area contributed by atoms with Crippen LogP contribution in [0.5, 0.6) is 5.75 Å². The molecule has 194 valence electrons. The molecule has 1 aromatic carbocycles. The maximum Gasteiger partial charge on any atom is 0.309 e. The lowest BCUT2D eigenvalue weighted by atomic mass is 9.84. The lowest BCUT2D eigenvalue weighted by molar-refractivity contribution is -0.161. The SMILES string of the molecule is CCC(CC(CC(C)c1ccc(O)cc1)C(=O)OC([Si](C)(C)C)[Si](C)(C)C)C(=O)OC(C)(C)C. The molecule has 0 aliphatic carbocycles. The van der Waals surface area contributed by atoms with Crippen LogP contribution >= 0.6 is 0 Å². The number of phenolic OH excluding ortho intramolecular Hbond substituents is 1. The van der Waals surface area contributed by atoms with E-state index in [1.165, 1.54) is 0 Å². The summed E-state index contributed by atoms with van der Waals surface area (Å²) < 4.78 is 12.0. The van der Waals surface area contributed by atoms with Gasteiger partial charge in [-0.3, -0.25) is 9.59 Å². The second kappa shape index (κ2) is 11.9. The van der Waals surface area contributed by atoms with Gasteiger partial charge >= 0.3 is 11.9 Å². The number of rotatable bonds is 11. The Hall–Kier alpha value is -1.61. The van der Waals surface area contributed by atoms with Crippen LogP contribution in [0.4, 0.5) is 0 Å². The zero-order chi connectivity index (χ0) is 26.5. The van der Waals surface area contributed by atoms with Crippen molar-refractivity contribution in [3.63, 3.8) is 0 Å². The summed E-state index contributed by atoms with van der Waals surface area (Å²) in [7, 11) is -3.49. The molecule has 0 bridgehead atoms. The normalized spacial score (nSPS) is 15.5. The van der Waals surface area contributed by atoms with Gasteiger partial charge in [0.25, 0.3) is 0 Å². The van der Waals surface area contributed by atoms with E-state index in [9.17, 15) is 14.7 Å². The number of benzene rings is 1. The van der Waals surface area contributed by atoms with Crippen LogP contribution in [0.1, 0.15) is 65.4 Å². The van der Waals surface area contributed by atoms with Gasteiger partial charge in [0.2, 0.25) is 0 Å². The molecule has 0 saturated carbocycles. The standard InChI is InChI=1S/C27H48O5Si2/c1-12-20(25(30)32-27(3,4)5)18-22(17-19(2)21-13-15-23(28)16-14-21)24(29)31-26(33(6,7)8)34(9,10)11/h13-16,19-20,22,26,28H,12,17-18H2,1-11H3. The van der Waals surface area contributed by atoms with Crippen molar-refractivity contribution in [1.82, 2.24) is 0 Å². The summed E-state index contributed by atoms with van der Waals surface area (Å²) in [5, 5.41) is 9.65. The van der Waals surface area contributed by atoms with Crippen LogP contribution in [0.2, 0.25) is 39.3 Å². The predicted molar refractivity (Wildman–Crippen MR) is 145 cm³/mol. The molecule has 1 N–H and O–H groups in total. The van der Waals surface area contributed by atoms with Crippen LogP contribution in [0.25, 0.3) is 0 Å². The molecule has 34 heavy (non-hydrogen) atoms. The Morgan fingerprint density at radius 1 is 0.882 bits per heavy atom. The summed E-state index contributed by atoms with van der Waals surface area (Å²) in [5.41, 5.74) is 0.480. The zero-order valence-corrected chi connectivity index (χ0v) is 25.3. The van der Waals surface area contributed by atoms with E-state index in [4.69, 9.17) is 9.47 Å². The molecule has 1 aromatic rings. The lowest BCUT2D eigenvalue weighted by Gasteiger charge is -2.38. The van der Waals surface area contributed by atoms with Gasteiger partial charge in [-0.15, -0.1) is 0 Å². The summed E-state index contributed by atoms with van der Waals surface area (Å²) in [4.78, 5) is 26.6. The zero-order valence-electron chi connectivity index (χ0n) is 23.3. The van der Waals surface area contributed by atoms with Gasteiger partial charge in [0.15, 0.2) is 0 Å². The summed E-state index contributed by atoms with van der Waals surface area (Å²) in [6.45, 7) is 23.2. The first kappa shape index (κ1) is 30.4. The van der Waals surface area contributed by atoms with E-state index in [0.717, 1.165) is 5.56 Å². The summed E-state index contributed by atoms with van der Waals surface area (Å²) in [6.07, 6.45) is 1.60. The molecular weight excluding hydrogens is 460 g/mol. The van der Waals surface area contributed by atoms with Crippen LogP contribution in [0, 0.1) is 11.8 Å². The molecule has 1 rings (SSSR count). The Bertz CT molecular complexity index is 786. The predicted octanol–water partition coefficient (Wildman–Crippen LogP) is 6.93. The van der Waals surface area contributed by atoms with Gasteiger partial charge in [0.1, 0.15) is 11.4 Å². The maximum atomic E-state index is 13.7. The van der Waals surface area contributed by atoms with Crippen molar-refractivity contribution >= 4 is 28.1 Å². The molecule has 3 atom stereocenters. The van der Waals surface area contributed by atoms with Gasteiger partial charge in [-0.1, -0.05) is 65.3 Å². The van der Waals surface area contributed by atoms with Gasteiger partial charge < -0.3 is 14.6 Å². The Labute approximate surface area is 209 Å². The molecule has 0 saturated heterocycles. The highest BCUT2D eigenvalue weighted by atomic mass is 28.4. The van der Waals surface area contributed by atoms with E-state index in [1.54, 1.807) is 12.1 Å². The molecule has 0 spiro atoms. The number of esters is 2. The van der Waals surface area contributed by atoms with Gasteiger partial charge in [0.05, 0.1) is 33.3 Å². The van der Waals surface area contributed by atoms with E-state index >= 15 is 0 Å². The topological polar surface area (TPSA) is 72.8 Å². The van der Waals surface area contributed by atoms with Crippen molar-refractivity contribution in [2.75, 3.05) is 0 Å². The van der Waals surface area contributed by atoms with Crippen LogP contribution in [0.15, 0.2) is 24.3 Å². The number of hydrogen-bond acceptors (Lipinski definition) is 5. The highest BCUT2D eigenvalue weighted by Gasteiger charge is 2.42. The fourth-order valence-electron chi connectivity index (χ4n) is 4.68. The molecular formula is C27H48O5Si2. The number of aromatic hydroxyl groups is 1. The second-order valence-corrected chi connectivity index (χ2v) is 23.9. The molecule has 0 fully saturated rings. The Morgan fingerprint density at radius 2 is 1.38 bits per heavy atom. The second-order valence-electron chi connectivity index (χ2n) is 12.8. The average Bonchev–Trinajstić information content (AvgIpc) is 2.66. The van der Waals surface area contributed by atoms with Crippen molar-refractivity contribution in [2.24, 2.45) is 11.8 Å². The third-order valence-corrected chi connectivity index (χ3v) is 14.6. The van der Waals surface area contributed by atoms with Crippen molar-refractivity contribution in [3.8, 4) is 5.75 Å². The van der Waals surface area contributed by atoms with Crippen LogP contribution in [-0.4, -0.2) is 44.1 Å². The highest BCUT2D eigenvalue weighted by Crippen LogP contribution is 2.33. The lowest BCUT2D eigenvalue weighted by Crippen LogP contribution is -2.56. The Kier molecular flexibility index (Phi) is 10.6. The minimum Gasteiger partial charge on any atom is -0.508 e. The van der Waals surface area contributed by atoms with Crippen LogP contribution < -0.4 is 0 Å². The highest BCUT2D eigenvalue weighted by molar-refractivity contribution is 6.96. The summed E-state index contributed by atoms with van der Waals surface area (Å²) >= 11 is 0. The third-order valence-electron chi connectivity index (χ3n) is 6.04. The Morgan fingerprint density at radius 3 is 1.79 bits per heavy atom. The monoisotopic (exact) mass is 508 g/mol. The van der Waals surface area contributed by atoms with Crippen molar-refractivity contribution < 1.29 is 24.2 Å². The van der Waals surface area contributed by atoms with E-state index in [1.807, 2.05) is 39.8 Å². The van der Waals surface area contributed by atoms with E-state index in [0.29, 0.717) is 19.3 Å². The van der Waals surface area contributed by atoms with Gasteiger partial charge in [0, 0.05) is 0 Å². The Balaban J connectivity index is 3.22. The first-order valence-corrected chi connectivity index (χ1v) is 19.7. The van der Waals surface area contributed by atoms with Crippen molar-refractivity contribution in [3.05, 3.63) is 29.8 Å². The number of carbonyl (C=O) groups excluding carboxylic acids is 2. The van der Waals surface area contributed by atoms with E-state index in [2.05, 4.69) is 46.2 Å². The van der Waals surface area contributed by atoms with Crippen molar-refractivity contribution in [2.45, 2.75) is 110 Å². The average molecular weight is 509 g/mol. The van der Waals surface area contributed by atoms with E-state index in [-0.39, 0.29) is 34.9 Å². The molecule has 0 amide bonds. The van der Waals surface area contributed by atoms with Gasteiger partial charge in [-0.2, -0.15) is 0 Å².